The number of hydrogen-bond acceptors (Lipinski definition) is 6. The lowest BCUT2D eigenvalue weighted by molar-refractivity contribution is -0.215. The van der Waals surface area contributed by atoms with Crippen LogP contribution in [0.15, 0.2) is 24.2 Å². The molecule has 2 aliphatic heterocycles. The largest absolute Gasteiger partial charge is 0.498 e. The van der Waals surface area contributed by atoms with Crippen LogP contribution in [0.25, 0.3) is 0 Å². The number of aliphatic carboxylic acids is 3. The summed E-state index contributed by atoms with van der Waals surface area (Å²) in [6.45, 7) is 52.6. The number of ether oxygens (including phenoxy) is 2. The van der Waals surface area contributed by atoms with Crippen LogP contribution >= 0.6 is 0 Å². The third-order valence-corrected chi connectivity index (χ3v) is 22.5. The van der Waals surface area contributed by atoms with E-state index in [0.717, 1.165) is 140 Å². The third kappa shape index (κ3) is 27.7. The molecular formula is C75H136O9. The fourth-order valence-electron chi connectivity index (χ4n) is 13.9. The molecule has 490 valence electrons. The van der Waals surface area contributed by atoms with Crippen LogP contribution in [0.2, 0.25) is 0 Å². The zero-order valence-corrected chi connectivity index (χ0v) is 58.8. The number of hydrogen-bond donors (Lipinski definition) is 3. The molecule has 1 unspecified atom stereocenters. The van der Waals surface area contributed by atoms with Crippen molar-refractivity contribution in [3.05, 3.63) is 24.2 Å². The zero-order chi connectivity index (χ0) is 64.3. The van der Waals surface area contributed by atoms with Crippen LogP contribution in [0.5, 0.6) is 0 Å². The van der Waals surface area contributed by atoms with Gasteiger partial charge in [0, 0.05) is 18.9 Å². The van der Waals surface area contributed by atoms with Gasteiger partial charge in [-0.1, -0.05) is 171 Å². The molecule has 0 aromatic carbocycles. The predicted molar refractivity (Wildman–Crippen MR) is 352 cm³/mol. The quantitative estimate of drug-likeness (QED) is 0.146. The van der Waals surface area contributed by atoms with Crippen LogP contribution in [0.1, 0.15) is 319 Å². The Hall–Kier alpha value is -2.84. The van der Waals surface area contributed by atoms with Crippen molar-refractivity contribution in [3.63, 3.8) is 0 Å². The Labute approximate surface area is 518 Å². The molecule has 0 aromatic rings. The van der Waals surface area contributed by atoms with Crippen LogP contribution < -0.4 is 0 Å². The maximum Gasteiger partial charge on any atom is 0.309 e. The van der Waals surface area contributed by atoms with E-state index < -0.39 is 17.9 Å². The first-order valence-electron chi connectivity index (χ1n) is 34.5. The van der Waals surface area contributed by atoms with Gasteiger partial charge in [-0.3, -0.25) is 19.2 Å². The Morgan fingerprint density at radius 2 is 1.02 bits per heavy atom. The summed E-state index contributed by atoms with van der Waals surface area (Å²) in [5.41, 5.74) is 3.48. The van der Waals surface area contributed by atoms with Crippen molar-refractivity contribution >= 4 is 23.7 Å². The summed E-state index contributed by atoms with van der Waals surface area (Å²) in [5.74, 6) is 7.61. The van der Waals surface area contributed by atoms with Gasteiger partial charge in [0.2, 0.25) is 0 Å². The van der Waals surface area contributed by atoms with E-state index in [4.69, 9.17) is 24.8 Å². The first-order chi connectivity index (χ1) is 38.7. The number of rotatable bonds is 15. The highest BCUT2D eigenvalue weighted by Gasteiger charge is 2.69. The van der Waals surface area contributed by atoms with E-state index in [1.807, 2.05) is 6.92 Å². The van der Waals surface area contributed by atoms with Crippen molar-refractivity contribution in [3.8, 4) is 0 Å². The molecule has 9 heteroatoms. The maximum absolute atomic E-state index is 10.5. The monoisotopic (exact) mass is 1180 g/mol. The van der Waals surface area contributed by atoms with Gasteiger partial charge in [-0.25, -0.2) is 0 Å². The number of carboxylic acids is 3. The number of carbonyl (C=O) groups excluding carboxylic acids is 1. The van der Waals surface area contributed by atoms with Gasteiger partial charge in [-0.05, 0) is 220 Å². The number of ketones is 1. The summed E-state index contributed by atoms with van der Waals surface area (Å²) < 4.78 is 10.1. The predicted octanol–water partition coefficient (Wildman–Crippen LogP) is 21.7. The molecule has 84 heavy (non-hydrogen) atoms. The molecule has 0 aromatic heterocycles. The molecule has 2 bridgehead atoms. The SMILES string of the molecule is C=C1CC(CC)CO1.CC(C)C1(C)CC1.CC(C)C1(C)CCC1.CC(C)C1(C)CCCC1.CC(C)C1(CC(=O)O)CC1.CC(C)CC1(C)CC1.CC(C)CC1(CC(=O)O)CC1.CC12CC(C(=O)O)(C1)C2.CC1CC(C)C1.CCC1=CC(=O)CO1. The van der Waals surface area contributed by atoms with Crippen molar-refractivity contribution in [2.24, 2.45) is 96.6 Å². The molecule has 1 atom stereocenters. The highest BCUT2D eigenvalue weighted by molar-refractivity contribution is 5.92. The summed E-state index contributed by atoms with van der Waals surface area (Å²) in [5, 5.41) is 25.8. The number of allylic oxidation sites excluding steroid dienone is 2. The minimum absolute atomic E-state index is 0.0850. The van der Waals surface area contributed by atoms with E-state index in [9.17, 15) is 19.2 Å². The lowest BCUT2D eigenvalue weighted by Gasteiger charge is -2.66. The van der Waals surface area contributed by atoms with Gasteiger partial charge in [0.15, 0.2) is 12.4 Å². The maximum atomic E-state index is 10.5. The minimum atomic E-state index is -0.647. The van der Waals surface area contributed by atoms with E-state index >= 15 is 0 Å². The topological polar surface area (TPSA) is 147 Å². The molecule has 0 spiro atoms. The standard InChI is InChI=1S/C9H16O2.C9H18.C8H14O2.2C8H16.C7H10O2.C7H12O.C7H14.C6H8O2.C6H12/c1-7(2)5-9(3-4-9)6-8(10)11;1-8(2)9(3)6-4-5-7-9;1-6(2)8(3-4-8)5-7(9)10;1-7(2)6-8(3)4-5-8;1-7(2)8(3)5-4-6-8;1-6-2-7(3-6,4-6)5(8)9;1-3-7-4-6(2)8-5-7;1-6(2)7(3)4-5-7;1-2-6-3-5(7)4-8-6;1-5-3-6(2)4-5/h7H,3-6H2,1-2H3,(H,10,11);8H,4-7H2,1-3H3;6H,3-5H2,1-2H3,(H,9,10);2*7H,4-6H2,1-3H3;2-4H2,1H3,(H,8,9);7H,2-5H2,1H3;6H,4-5H2,1-3H3;3H,2,4H2,1H3;5-6H,3-4H2,1-2H3. The second-order valence-electron chi connectivity index (χ2n) is 33.3. The van der Waals surface area contributed by atoms with Crippen LogP contribution in [-0.4, -0.2) is 52.2 Å². The zero-order valence-electron chi connectivity index (χ0n) is 58.8. The van der Waals surface area contributed by atoms with Crippen molar-refractivity contribution in [2.45, 2.75) is 319 Å². The lowest BCUT2D eigenvalue weighted by atomic mass is 9.36. The fraction of sp³-hybridized carbons (Fsp3) is 0.893. The van der Waals surface area contributed by atoms with E-state index in [1.54, 1.807) is 6.08 Å². The molecule has 10 aliphatic carbocycles. The van der Waals surface area contributed by atoms with Gasteiger partial charge < -0.3 is 24.8 Å². The summed E-state index contributed by atoms with van der Waals surface area (Å²) in [6.07, 6.45) is 34.3. The van der Waals surface area contributed by atoms with Crippen molar-refractivity contribution in [1.29, 1.82) is 0 Å². The van der Waals surface area contributed by atoms with E-state index in [-0.39, 0.29) is 28.6 Å². The second-order valence-corrected chi connectivity index (χ2v) is 33.3. The summed E-state index contributed by atoms with van der Waals surface area (Å²) >= 11 is 0. The second kappa shape index (κ2) is 33.7. The first-order valence-corrected chi connectivity index (χ1v) is 34.5. The van der Waals surface area contributed by atoms with Crippen LogP contribution in [-0.2, 0) is 28.7 Å². The van der Waals surface area contributed by atoms with Crippen molar-refractivity contribution in [2.75, 3.05) is 13.2 Å². The molecule has 1 saturated heterocycles. The Morgan fingerprint density at radius 1 is 0.583 bits per heavy atom. The molecule has 2 heterocycles. The molecule has 9 nitrogen and oxygen atoms in total. The summed E-state index contributed by atoms with van der Waals surface area (Å²) in [4.78, 5) is 41.7. The molecule has 11 fully saturated rings. The van der Waals surface area contributed by atoms with E-state index in [1.165, 1.54) is 96.3 Å². The molecule has 0 radical (unpaired) electrons. The Bertz CT molecular complexity index is 1990. The van der Waals surface area contributed by atoms with Gasteiger partial charge in [-0.15, -0.1) is 0 Å². The average molecular weight is 1180 g/mol. The lowest BCUT2D eigenvalue weighted by Crippen LogP contribution is -2.63. The highest BCUT2D eigenvalue weighted by Crippen LogP contribution is 2.73. The van der Waals surface area contributed by atoms with Gasteiger partial charge in [0.25, 0.3) is 0 Å². The Kier molecular flexibility index (Phi) is 31.0. The normalized spacial score (nSPS) is 28.1. The van der Waals surface area contributed by atoms with Crippen LogP contribution in [0.3, 0.4) is 0 Å². The van der Waals surface area contributed by atoms with E-state index in [2.05, 4.69) is 145 Å². The Morgan fingerprint density at radius 3 is 1.17 bits per heavy atom. The molecule has 12 aliphatic rings. The van der Waals surface area contributed by atoms with E-state index in [0.29, 0.717) is 35.5 Å². The number of carbonyl (C=O) groups is 4. The summed E-state index contributed by atoms with van der Waals surface area (Å²) in [7, 11) is 0. The van der Waals surface area contributed by atoms with Crippen LogP contribution in [0.4, 0.5) is 0 Å². The third-order valence-electron chi connectivity index (χ3n) is 22.5. The van der Waals surface area contributed by atoms with Crippen molar-refractivity contribution < 1.29 is 44.0 Å². The van der Waals surface area contributed by atoms with Gasteiger partial charge in [0.1, 0.15) is 5.76 Å². The molecule has 10 saturated carbocycles. The minimum Gasteiger partial charge on any atom is -0.498 e. The highest BCUT2D eigenvalue weighted by atomic mass is 16.5. The molecule has 12 rings (SSSR count). The summed E-state index contributed by atoms with van der Waals surface area (Å²) in [6, 6.07) is 0. The molecule has 3 N–H and O–H groups in total. The van der Waals surface area contributed by atoms with Gasteiger partial charge in [-0.2, -0.15) is 0 Å². The average Bonchev–Trinajstić information content (AvgIpc) is 0.928. The fourth-order valence-corrected chi connectivity index (χ4v) is 13.9. The van der Waals surface area contributed by atoms with Gasteiger partial charge in [0.05, 0.1) is 30.6 Å². The van der Waals surface area contributed by atoms with Crippen molar-refractivity contribution in [1.82, 2.24) is 0 Å². The van der Waals surface area contributed by atoms with Gasteiger partial charge >= 0.3 is 17.9 Å². The first kappa shape index (κ1) is 77.3. The Balaban J connectivity index is 0.000000320. The smallest absolute Gasteiger partial charge is 0.309 e. The molecule has 0 amide bonds. The van der Waals surface area contributed by atoms with Crippen LogP contribution in [0, 0.1) is 96.6 Å². The molecular weight excluding hydrogens is 1040 g/mol. The number of carboxylic acid groups (broad SMARTS) is 3.